The number of anilines is 1. The molecular weight excluding hydrogens is 244 g/mol. The van der Waals surface area contributed by atoms with Gasteiger partial charge in [-0.15, -0.1) is 0 Å². The summed E-state index contributed by atoms with van der Waals surface area (Å²) < 4.78 is 0. The molecule has 0 aliphatic carbocycles. The smallest absolute Gasteiger partial charge is 0.0411 e. The molecule has 0 radical (unpaired) electrons. The van der Waals surface area contributed by atoms with Gasteiger partial charge < -0.3 is 10.2 Å². The van der Waals surface area contributed by atoms with Gasteiger partial charge in [-0.2, -0.15) is 0 Å². The molecule has 0 bridgehead atoms. The third kappa shape index (κ3) is 3.99. The number of nitrogens with zero attached hydrogens (tertiary/aromatic N) is 1. The molecule has 20 heavy (non-hydrogen) atoms. The van der Waals surface area contributed by atoms with E-state index >= 15 is 0 Å². The molecular formula is C18H30N2. The monoisotopic (exact) mass is 274 g/mol. The summed E-state index contributed by atoms with van der Waals surface area (Å²) in [6.45, 7) is 11.5. The first-order valence-electron chi connectivity index (χ1n) is 8.26. The normalized spacial score (nSPS) is 16.9. The molecule has 0 spiro atoms. The van der Waals surface area contributed by atoms with Crippen LogP contribution in [-0.2, 0) is 6.54 Å². The highest BCUT2D eigenvalue weighted by Gasteiger charge is 2.22. The molecule has 1 saturated heterocycles. The third-order valence-electron chi connectivity index (χ3n) is 4.56. The molecule has 0 aromatic heterocycles. The van der Waals surface area contributed by atoms with Crippen LogP contribution in [0.1, 0.15) is 45.6 Å². The lowest BCUT2D eigenvalue weighted by Gasteiger charge is -2.36. The van der Waals surface area contributed by atoms with Gasteiger partial charge in [0.2, 0.25) is 0 Å². The van der Waals surface area contributed by atoms with E-state index in [1.165, 1.54) is 43.6 Å². The maximum Gasteiger partial charge on any atom is 0.0411 e. The van der Waals surface area contributed by atoms with E-state index in [1.54, 1.807) is 0 Å². The van der Waals surface area contributed by atoms with E-state index in [0.717, 1.165) is 24.9 Å². The molecule has 2 rings (SSSR count). The van der Waals surface area contributed by atoms with Gasteiger partial charge in [-0.3, -0.25) is 0 Å². The zero-order valence-corrected chi connectivity index (χ0v) is 13.4. The Morgan fingerprint density at radius 3 is 2.55 bits per heavy atom. The first-order chi connectivity index (χ1) is 9.72. The van der Waals surface area contributed by atoms with Crippen molar-refractivity contribution in [3.63, 3.8) is 0 Å². The summed E-state index contributed by atoms with van der Waals surface area (Å²) in [6.07, 6.45) is 3.88. The number of hydrogen-bond donors (Lipinski definition) is 1. The van der Waals surface area contributed by atoms with Gasteiger partial charge in [0.25, 0.3) is 0 Å². The first-order valence-corrected chi connectivity index (χ1v) is 8.26. The number of para-hydroxylation sites is 1. The molecule has 112 valence electrons. The highest BCUT2D eigenvalue weighted by Crippen LogP contribution is 2.29. The second-order valence-electron chi connectivity index (χ2n) is 6.37. The van der Waals surface area contributed by atoms with Crippen molar-refractivity contribution < 1.29 is 0 Å². The molecule has 0 amide bonds. The maximum atomic E-state index is 3.53. The number of rotatable bonds is 6. The zero-order chi connectivity index (χ0) is 14.4. The second kappa shape index (κ2) is 7.68. The molecule has 1 aromatic rings. The van der Waals surface area contributed by atoms with Crippen LogP contribution in [0.2, 0.25) is 0 Å². The summed E-state index contributed by atoms with van der Waals surface area (Å²) in [5, 5.41) is 3.53. The highest BCUT2D eigenvalue weighted by molar-refractivity contribution is 5.53. The Hall–Kier alpha value is -1.02. The maximum absolute atomic E-state index is 3.53. The average Bonchev–Trinajstić information content (AvgIpc) is 2.48. The Bertz CT molecular complexity index is 392. The van der Waals surface area contributed by atoms with Crippen LogP contribution in [0.25, 0.3) is 0 Å². The minimum atomic E-state index is 0.832. The van der Waals surface area contributed by atoms with E-state index in [9.17, 15) is 0 Å². The first kappa shape index (κ1) is 15.4. The third-order valence-corrected chi connectivity index (χ3v) is 4.56. The van der Waals surface area contributed by atoms with Crippen molar-refractivity contribution in [2.75, 3.05) is 24.5 Å². The van der Waals surface area contributed by atoms with Gasteiger partial charge in [-0.1, -0.05) is 39.0 Å². The lowest BCUT2D eigenvalue weighted by Crippen LogP contribution is -2.36. The fourth-order valence-electron chi connectivity index (χ4n) is 3.18. The summed E-state index contributed by atoms with van der Waals surface area (Å²) in [7, 11) is 0. The van der Waals surface area contributed by atoms with Crippen LogP contribution in [-0.4, -0.2) is 19.6 Å². The summed E-state index contributed by atoms with van der Waals surface area (Å²) in [5.41, 5.74) is 2.89. The fourth-order valence-corrected chi connectivity index (χ4v) is 3.18. The standard InChI is InChI=1S/C18H30N2/c1-4-11-19-14-17-7-5-6-8-18(17)20-12-9-16(10-13-20)15(2)3/h5-8,15-16,19H,4,9-14H2,1-3H3. The van der Waals surface area contributed by atoms with E-state index in [-0.39, 0.29) is 0 Å². The lowest BCUT2D eigenvalue weighted by molar-refractivity contribution is 0.311. The molecule has 0 unspecified atom stereocenters. The molecule has 1 aromatic carbocycles. The van der Waals surface area contributed by atoms with Crippen molar-refractivity contribution in [2.45, 2.75) is 46.6 Å². The predicted molar refractivity (Wildman–Crippen MR) is 88.2 cm³/mol. The van der Waals surface area contributed by atoms with Crippen LogP contribution < -0.4 is 10.2 Å². The van der Waals surface area contributed by atoms with Gasteiger partial charge in [0.15, 0.2) is 0 Å². The van der Waals surface area contributed by atoms with Gasteiger partial charge in [0.05, 0.1) is 0 Å². The zero-order valence-electron chi connectivity index (χ0n) is 13.4. The number of benzene rings is 1. The van der Waals surface area contributed by atoms with E-state index in [4.69, 9.17) is 0 Å². The Kier molecular flexibility index (Phi) is 5.90. The predicted octanol–water partition coefficient (Wildman–Crippen LogP) is 4.06. The Balaban J connectivity index is 1.98. The second-order valence-corrected chi connectivity index (χ2v) is 6.37. The van der Waals surface area contributed by atoms with Crippen molar-refractivity contribution >= 4 is 5.69 Å². The van der Waals surface area contributed by atoms with Crippen LogP contribution >= 0.6 is 0 Å². The summed E-state index contributed by atoms with van der Waals surface area (Å²) in [5.74, 6) is 1.75. The lowest BCUT2D eigenvalue weighted by atomic mass is 9.86. The Morgan fingerprint density at radius 2 is 1.90 bits per heavy atom. The molecule has 1 aliphatic rings. The minimum Gasteiger partial charge on any atom is -0.371 e. The molecule has 0 atom stereocenters. The molecule has 1 N–H and O–H groups in total. The molecule has 0 saturated carbocycles. The van der Waals surface area contributed by atoms with Crippen LogP contribution in [0.4, 0.5) is 5.69 Å². The summed E-state index contributed by atoms with van der Waals surface area (Å²) in [6, 6.07) is 8.89. The molecule has 2 nitrogen and oxygen atoms in total. The van der Waals surface area contributed by atoms with Crippen LogP contribution in [0, 0.1) is 11.8 Å². The van der Waals surface area contributed by atoms with Gasteiger partial charge in [0.1, 0.15) is 0 Å². The van der Waals surface area contributed by atoms with Gasteiger partial charge in [-0.25, -0.2) is 0 Å². The molecule has 1 heterocycles. The van der Waals surface area contributed by atoms with Crippen molar-refractivity contribution in [2.24, 2.45) is 11.8 Å². The van der Waals surface area contributed by atoms with E-state index in [0.29, 0.717) is 0 Å². The van der Waals surface area contributed by atoms with Crippen molar-refractivity contribution in [3.05, 3.63) is 29.8 Å². The quantitative estimate of drug-likeness (QED) is 0.787. The molecule has 2 heteroatoms. The number of hydrogen-bond acceptors (Lipinski definition) is 2. The van der Waals surface area contributed by atoms with Crippen molar-refractivity contribution in [1.29, 1.82) is 0 Å². The van der Waals surface area contributed by atoms with Crippen molar-refractivity contribution in [3.8, 4) is 0 Å². The largest absolute Gasteiger partial charge is 0.371 e. The van der Waals surface area contributed by atoms with Crippen LogP contribution in [0.15, 0.2) is 24.3 Å². The van der Waals surface area contributed by atoms with E-state index < -0.39 is 0 Å². The fraction of sp³-hybridized carbons (Fsp3) is 0.667. The van der Waals surface area contributed by atoms with Crippen molar-refractivity contribution in [1.82, 2.24) is 5.32 Å². The number of piperidine rings is 1. The Morgan fingerprint density at radius 1 is 1.20 bits per heavy atom. The SMILES string of the molecule is CCCNCc1ccccc1N1CCC(C(C)C)CC1. The highest BCUT2D eigenvalue weighted by atomic mass is 15.1. The molecule has 1 fully saturated rings. The van der Waals surface area contributed by atoms with E-state index in [1.807, 2.05) is 0 Å². The van der Waals surface area contributed by atoms with Gasteiger partial charge in [-0.05, 0) is 49.3 Å². The molecule has 1 aliphatic heterocycles. The Labute approximate surface area is 124 Å². The van der Waals surface area contributed by atoms with Gasteiger partial charge in [0, 0.05) is 25.3 Å². The van der Waals surface area contributed by atoms with E-state index in [2.05, 4.69) is 55.3 Å². The average molecular weight is 274 g/mol. The minimum absolute atomic E-state index is 0.832. The topological polar surface area (TPSA) is 15.3 Å². The van der Waals surface area contributed by atoms with Crippen LogP contribution in [0.5, 0.6) is 0 Å². The summed E-state index contributed by atoms with van der Waals surface area (Å²) in [4.78, 5) is 2.59. The summed E-state index contributed by atoms with van der Waals surface area (Å²) >= 11 is 0. The number of nitrogens with one attached hydrogen (secondary N) is 1. The van der Waals surface area contributed by atoms with Gasteiger partial charge >= 0.3 is 0 Å². The van der Waals surface area contributed by atoms with Crippen LogP contribution in [0.3, 0.4) is 0 Å².